The Morgan fingerprint density at radius 1 is 0.969 bits per heavy atom. The molecule has 5 rings (SSSR count). The van der Waals surface area contributed by atoms with Gasteiger partial charge in [-0.3, -0.25) is 0 Å². The highest BCUT2D eigenvalue weighted by Crippen LogP contribution is 2.39. The summed E-state index contributed by atoms with van der Waals surface area (Å²) in [7, 11) is 0. The number of nitrogens with one attached hydrogen (secondary N) is 1. The van der Waals surface area contributed by atoms with Crippen LogP contribution in [0.4, 0.5) is 18.9 Å². The maximum atomic E-state index is 13.8. The number of halogens is 5. The molecule has 0 saturated carbocycles. The molecule has 0 spiro atoms. The number of benzene rings is 2. The fourth-order valence-corrected chi connectivity index (χ4v) is 3.51. The van der Waals surface area contributed by atoms with Crippen LogP contribution in [0.1, 0.15) is 5.56 Å². The first-order valence-corrected chi connectivity index (χ1v) is 9.30. The van der Waals surface area contributed by atoms with Crippen molar-refractivity contribution in [1.82, 2.24) is 20.1 Å². The van der Waals surface area contributed by atoms with Gasteiger partial charge in [-0.25, -0.2) is 4.98 Å². The van der Waals surface area contributed by atoms with E-state index in [2.05, 4.69) is 20.1 Å². The third-order valence-corrected chi connectivity index (χ3v) is 5.01. The van der Waals surface area contributed by atoms with E-state index in [0.29, 0.717) is 31.9 Å². The van der Waals surface area contributed by atoms with Crippen molar-refractivity contribution < 1.29 is 22.4 Å². The van der Waals surface area contributed by atoms with Crippen LogP contribution < -0.4 is 4.90 Å². The van der Waals surface area contributed by atoms with Crippen LogP contribution in [0.2, 0.25) is 0 Å². The van der Waals surface area contributed by atoms with Gasteiger partial charge < -0.3 is 19.1 Å². The number of anilines is 1. The third-order valence-electron chi connectivity index (χ3n) is 5.01. The fourth-order valence-electron chi connectivity index (χ4n) is 3.51. The molecule has 7 nitrogen and oxygen atoms in total. The second-order valence-corrected chi connectivity index (χ2v) is 6.89. The predicted molar refractivity (Wildman–Crippen MR) is 117 cm³/mol. The lowest BCUT2D eigenvalue weighted by Gasteiger charge is -2.31. The molecule has 0 bridgehead atoms. The van der Waals surface area contributed by atoms with Crippen LogP contribution in [-0.4, -0.2) is 46.4 Å². The zero-order valence-corrected chi connectivity index (χ0v) is 18.1. The topological polar surface area (TPSA) is 80.1 Å². The Balaban J connectivity index is 0.00000144. The maximum Gasteiger partial charge on any atom is 0.418 e. The first kappa shape index (κ1) is 23.8. The zero-order valence-electron chi connectivity index (χ0n) is 16.4. The van der Waals surface area contributed by atoms with E-state index in [-0.39, 0.29) is 47.8 Å². The van der Waals surface area contributed by atoms with Crippen LogP contribution in [-0.2, 0) is 10.9 Å². The minimum atomic E-state index is -4.52. The molecule has 1 aliphatic rings. The van der Waals surface area contributed by atoms with Crippen LogP contribution in [0.5, 0.6) is 0 Å². The van der Waals surface area contributed by atoms with E-state index < -0.39 is 11.7 Å². The number of aromatic amines is 1. The number of H-pyrrole nitrogens is 1. The number of fused-ring (bicyclic) bond motifs is 1. The van der Waals surface area contributed by atoms with Gasteiger partial charge in [-0.1, -0.05) is 5.16 Å². The standard InChI is InChI=1S/C20H16F3N5O2.2ClH/c21-20(22,23)14-9-13(2-4-17(14)28-5-7-29-8-6-28)19-26-18(27-30-19)12-1-3-15-16(10-12)25-11-24-15;;/h1-4,9-11H,5-8H2,(H,24,25);2*1H. The normalized spacial score (nSPS) is 14.2. The number of hydrogen-bond donors (Lipinski definition) is 1. The Labute approximate surface area is 192 Å². The summed E-state index contributed by atoms with van der Waals surface area (Å²) in [5, 5.41) is 3.93. The summed E-state index contributed by atoms with van der Waals surface area (Å²) in [5.41, 5.74) is 1.85. The average Bonchev–Trinajstić information content (AvgIpc) is 3.42. The van der Waals surface area contributed by atoms with Gasteiger partial charge in [0.25, 0.3) is 5.89 Å². The molecule has 2 aromatic heterocycles. The Bertz CT molecular complexity index is 1210. The van der Waals surface area contributed by atoms with Gasteiger partial charge in [-0.15, -0.1) is 24.8 Å². The number of imidazole rings is 1. The van der Waals surface area contributed by atoms with Gasteiger partial charge in [0.2, 0.25) is 5.82 Å². The highest BCUT2D eigenvalue weighted by Gasteiger charge is 2.36. The van der Waals surface area contributed by atoms with Gasteiger partial charge in [0, 0.05) is 29.9 Å². The molecular formula is C20H18Cl2F3N5O2. The van der Waals surface area contributed by atoms with Crippen molar-refractivity contribution in [1.29, 1.82) is 0 Å². The molecule has 1 aliphatic heterocycles. The van der Waals surface area contributed by atoms with Crippen LogP contribution in [0.25, 0.3) is 33.9 Å². The summed E-state index contributed by atoms with van der Waals surface area (Å²) >= 11 is 0. The highest BCUT2D eigenvalue weighted by molar-refractivity contribution is 5.85. The Kier molecular flexibility index (Phi) is 6.97. The quantitative estimate of drug-likeness (QED) is 0.438. The molecule has 1 fully saturated rings. The van der Waals surface area contributed by atoms with Crippen LogP contribution in [0.15, 0.2) is 47.2 Å². The Morgan fingerprint density at radius 3 is 2.47 bits per heavy atom. The number of alkyl halides is 3. The first-order valence-electron chi connectivity index (χ1n) is 9.30. The summed E-state index contributed by atoms with van der Waals surface area (Å²) in [6, 6.07) is 9.45. The van der Waals surface area contributed by atoms with Gasteiger partial charge in [0.15, 0.2) is 0 Å². The zero-order chi connectivity index (χ0) is 20.7. The van der Waals surface area contributed by atoms with E-state index in [9.17, 15) is 13.2 Å². The molecule has 1 N–H and O–H groups in total. The summed E-state index contributed by atoms with van der Waals surface area (Å²) < 4.78 is 51.8. The van der Waals surface area contributed by atoms with Crippen LogP contribution in [0, 0.1) is 0 Å². The molecule has 0 aliphatic carbocycles. The van der Waals surface area contributed by atoms with E-state index in [1.807, 2.05) is 0 Å². The van der Waals surface area contributed by atoms with Crippen molar-refractivity contribution >= 4 is 41.5 Å². The minimum absolute atomic E-state index is 0. The average molecular weight is 488 g/mol. The number of rotatable bonds is 3. The lowest BCUT2D eigenvalue weighted by molar-refractivity contribution is -0.137. The van der Waals surface area contributed by atoms with Crippen molar-refractivity contribution in [3.8, 4) is 22.8 Å². The van der Waals surface area contributed by atoms with E-state index in [0.717, 1.165) is 17.1 Å². The van der Waals surface area contributed by atoms with Crippen molar-refractivity contribution in [2.24, 2.45) is 0 Å². The van der Waals surface area contributed by atoms with E-state index in [4.69, 9.17) is 9.26 Å². The van der Waals surface area contributed by atoms with Crippen molar-refractivity contribution in [2.75, 3.05) is 31.2 Å². The predicted octanol–water partition coefficient (Wildman–Crippen LogP) is 4.98. The second-order valence-electron chi connectivity index (χ2n) is 6.89. The molecule has 0 radical (unpaired) electrons. The summed E-state index contributed by atoms with van der Waals surface area (Å²) in [6.45, 7) is 1.60. The molecule has 170 valence electrons. The summed E-state index contributed by atoms with van der Waals surface area (Å²) in [4.78, 5) is 13.1. The van der Waals surface area contributed by atoms with E-state index in [1.54, 1.807) is 35.5 Å². The largest absolute Gasteiger partial charge is 0.418 e. The number of hydrogen-bond acceptors (Lipinski definition) is 6. The summed E-state index contributed by atoms with van der Waals surface area (Å²) in [5.74, 6) is 0.307. The van der Waals surface area contributed by atoms with Crippen molar-refractivity contribution in [3.05, 3.63) is 48.3 Å². The maximum absolute atomic E-state index is 13.8. The fraction of sp³-hybridized carbons (Fsp3) is 0.250. The number of morpholine rings is 1. The molecule has 0 unspecified atom stereocenters. The summed E-state index contributed by atoms with van der Waals surface area (Å²) in [6.07, 6.45) is -2.94. The Hall–Kier alpha value is -2.82. The van der Waals surface area contributed by atoms with Crippen LogP contribution >= 0.6 is 24.8 Å². The Morgan fingerprint density at radius 2 is 1.72 bits per heavy atom. The number of aromatic nitrogens is 4. The lowest BCUT2D eigenvalue weighted by Crippen LogP contribution is -2.37. The molecule has 0 amide bonds. The van der Waals surface area contributed by atoms with Gasteiger partial charge in [-0.05, 0) is 36.4 Å². The molecule has 2 aromatic carbocycles. The molecule has 3 heterocycles. The molecule has 32 heavy (non-hydrogen) atoms. The first-order chi connectivity index (χ1) is 14.5. The van der Waals surface area contributed by atoms with Crippen molar-refractivity contribution in [2.45, 2.75) is 6.18 Å². The molecular weight excluding hydrogens is 470 g/mol. The lowest BCUT2D eigenvalue weighted by atomic mass is 10.1. The van der Waals surface area contributed by atoms with Gasteiger partial charge in [0.05, 0.1) is 36.1 Å². The van der Waals surface area contributed by atoms with E-state index >= 15 is 0 Å². The minimum Gasteiger partial charge on any atom is -0.378 e. The number of nitrogens with zero attached hydrogens (tertiary/aromatic N) is 4. The molecule has 0 atom stereocenters. The van der Waals surface area contributed by atoms with Gasteiger partial charge >= 0.3 is 6.18 Å². The van der Waals surface area contributed by atoms with Crippen LogP contribution in [0.3, 0.4) is 0 Å². The van der Waals surface area contributed by atoms with Gasteiger partial charge in [0.1, 0.15) is 0 Å². The molecule has 12 heteroatoms. The van der Waals surface area contributed by atoms with Gasteiger partial charge in [-0.2, -0.15) is 18.2 Å². The van der Waals surface area contributed by atoms with E-state index in [1.165, 1.54) is 6.07 Å². The second kappa shape index (κ2) is 9.35. The SMILES string of the molecule is Cl.Cl.FC(F)(F)c1cc(-c2nc(-c3ccc4nc[nH]c4c3)no2)ccc1N1CCOCC1. The highest BCUT2D eigenvalue weighted by atomic mass is 35.5. The monoisotopic (exact) mass is 487 g/mol. The third kappa shape index (κ3) is 4.52. The molecule has 1 saturated heterocycles. The van der Waals surface area contributed by atoms with Crippen molar-refractivity contribution in [3.63, 3.8) is 0 Å². The number of ether oxygens (including phenoxy) is 1. The smallest absolute Gasteiger partial charge is 0.378 e. The molecule has 4 aromatic rings.